The molecule has 3 aromatic carbocycles. The molecule has 1 aromatic heterocycles. The molecule has 5 nitrogen and oxygen atoms in total. The zero-order valence-electron chi connectivity index (χ0n) is 15.1. The highest BCUT2D eigenvalue weighted by Crippen LogP contribution is 2.39. The van der Waals surface area contributed by atoms with Crippen molar-refractivity contribution in [1.29, 1.82) is 0 Å². The van der Waals surface area contributed by atoms with Gasteiger partial charge in [0, 0.05) is 23.0 Å². The van der Waals surface area contributed by atoms with Crippen LogP contribution in [0.3, 0.4) is 0 Å². The predicted octanol–water partition coefficient (Wildman–Crippen LogP) is 4.58. The molecule has 0 fully saturated rings. The van der Waals surface area contributed by atoms with Gasteiger partial charge in [-0.25, -0.2) is 0 Å². The van der Waals surface area contributed by atoms with Gasteiger partial charge >= 0.3 is 0 Å². The Morgan fingerprint density at radius 3 is 1.81 bits per heavy atom. The van der Waals surface area contributed by atoms with Gasteiger partial charge in [0.1, 0.15) is 0 Å². The van der Waals surface area contributed by atoms with Crippen LogP contribution >= 0.6 is 0 Å². The van der Waals surface area contributed by atoms with Crippen LogP contribution < -0.4 is 18.9 Å². The van der Waals surface area contributed by atoms with Gasteiger partial charge in [0.15, 0.2) is 23.0 Å². The maximum Gasteiger partial charge on any atom is 0.162 e. The molecule has 0 N–H and O–H groups in total. The lowest BCUT2D eigenvalue weighted by Gasteiger charge is -2.13. The summed E-state index contributed by atoms with van der Waals surface area (Å²) in [5, 5.41) is 5.27. The van der Waals surface area contributed by atoms with Gasteiger partial charge in [-0.3, -0.25) is 4.98 Å². The molecule has 1 heterocycles. The Balaban J connectivity index is 2.10. The van der Waals surface area contributed by atoms with Gasteiger partial charge in [-0.05, 0) is 34.4 Å². The van der Waals surface area contributed by atoms with Crippen LogP contribution in [0.5, 0.6) is 23.0 Å². The fourth-order valence-corrected chi connectivity index (χ4v) is 3.37. The highest BCUT2D eigenvalue weighted by Gasteiger charge is 2.13. The van der Waals surface area contributed by atoms with E-state index in [1.807, 2.05) is 30.5 Å². The lowest BCUT2D eigenvalue weighted by Crippen LogP contribution is -1.93. The van der Waals surface area contributed by atoms with E-state index in [4.69, 9.17) is 18.9 Å². The van der Waals surface area contributed by atoms with E-state index in [0.29, 0.717) is 23.0 Å². The molecule has 0 spiro atoms. The van der Waals surface area contributed by atoms with Gasteiger partial charge in [-0.2, -0.15) is 0 Å². The monoisotopic (exact) mass is 349 g/mol. The Hall–Kier alpha value is -3.21. The van der Waals surface area contributed by atoms with Crippen LogP contribution in [-0.2, 0) is 0 Å². The molecule has 26 heavy (non-hydrogen) atoms. The fraction of sp³-hybridized carbons (Fsp3) is 0.190. The molecule has 4 rings (SSSR count). The lowest BCUT2D eigenvalue weighted by atomic mass is 9.99. The summed E-state index contributed by atoms with van der Waals surface area (Å²) in [6, 6.07) is 12.0. The van der Waals surface area contributed by atoms with Crippen LogP contribution in [0, 0.1) is 0 Å². The van der Waals surface area contributed by atoms with E-state index >= 15 is 0 Å². The summed E-state index contributed by atoms with van der Waals surface area (Å²) in [4.78, 5) is 4.63. The molecule has 0 bridgehead atoms. The van der Waals surface area contributed by atoms with Crippen molar-refractivity contribution in [1.82, 2.24) is 4.98 Å². The Morgan fingerprint density at radius 1 is 0.577 bits per heavy atom. The van der Waals surface area contributed by atoms with Gasteiger partial charge in [-0.15, -0.1) is 0 Å². The second kappa shape index (κ2) is 6.26. The number of ether oxygens (including phenoxy) is 4. The summed E-state index contributed by atoms with van der Waals surface area (Å²) < 4.78 is 21.7. The van der Waals surface area contributed by atoms with E-state index in [0.717, 1.165) is 32.4 Å². The number of fused-ring (bicyclic) bond motifs is 5. The first kappa shape index (κ1) is 16.3. The van der Waals surface area contributed by atoms with E-state index in [2.05, 4.69) is 17.1 Å². The van der Waals surface area contributed by atoms with Crippen LogP contribution in [-0.4, -0.2) is 33.4 Å². The Labute approximate surface area is 151 Å². The van der Waals surface area contributed by atoms with Crippen molar-refractivity contribution >= 4 is 32.4 Å². The summed E-state index contributed by atoms with van der Waals surface area (Å²) in [5.74, 6) is 2.75. The topological polar surface area (TPSA) is 49.8 Å². The number of rotatable bonds is 4. The largest absolute Gasteiger partial charge is 0.493 e. The molecule has 0 aliphatic carbocycles. The van der Waals surface area contributed by atoms with E-state index in [9.17, 15) is 0 Å². The van der Waals surface area contributed by atoms with Gasteiger partial charge in [0.05, 0.1) is 34.0 Å². The highest BCUT2D eigenvalue weighted by atomic mass is 16.5. The number of methoxy groups -OCH3 is 4. The maximum atomic E-state index is 5.47. The summed E-state index contributed by atoms with van der Waals surface area (Å²) in [6.07, 6.45) is 1.89. The molecule has 0 aliphatic heterocycles. The van der Waals surface area contributed by atoms with Crippen molar-refractivity contribution < 1.29 is 18.9 Å². The third kappa shape index (κ3) is 2.36. The molecule has 0 aliphatic rings. The average Bonchev–Trinajstić information content (AvgIpc) is 2.70. The molecule has 5 heteroatoms. The Kier molecular flexibility index (Phi) is 3.92. The second-order valence-corrected chi connectivity index (χ2v) is 5.94. The molecule has 0 unspecified atom stereocenters. The van der Waals surface area contributed by atoms with Crippen molar-refractivity contribution in [3.63, 3.8) is 0 Å². The summed E-state index contributed by atoms with van der Waals surface area (Å²) in [5.41, 5.74) is 0.856. The first-order valence-corrected chi connectivity index (χ1v) is 8.19. The highest BCUT2D eigenvalue weighted by molar-refractivity contribution is 6.16. The van der Waals surface area contributed by atoms with E-state index < -0.39 is 0 Å². The number of hydrogen-bond acceptors (Lipinski definition) is 5. The summed E-state index contributed by atoms with van der Waals surface area (Å²) in [7, 11) is 6.53. The first-order chi connectivity index (χ1) is 12.7. The number of aromatic nitrogens is 1. The molecular formula is C21H19NO4. The van der Waals surface area contributed by atoms with E-state index in [1.54, 1.807) is 28.4 Å². The van der Waals surface area contributed by atoms with Crippen LogP contribution in [0.4, 0.5) is 0 Å². The maximum absolute atomic E-state index is 5.47. The SMILES string of the molecule is COc1cc2ccc3c4cc(OC)c(OC)cc4ncc3c2cc1OC. The Bertz CT molecular complexity index is 1050. The number of benzene rings is 3. The second-order valence-electron chi connectivity index (χ2n) is 5.94. The summed E-state index contributed by atoms with van der Waals surface area (Å²) in [6.45, 7) is 0. The standard InChI is InChI=1S/C21H19NO4/c1-23-18-7-12-5-6-13-15-9-20(25-3)21(26-4)10-17(15)22-11-16(13)14(12)8-19(18)24-2/h5-11H,1-4H3. The lowest BCUT2D eigenvalue weighted by molar-refractivity contribution is 0.356. The van der Waals surface area contributed by atoms with Gasteiger partial charge in [0.25, 0.3) is 0 Å². The third-order valence-electron chi connectivity index (χ3n) is 4.69. The van der Waals surface area contributed by atoms with Gasteiger partial charge in [-0.1, -0.05) is 12.1 Å². The smallest absolute Gasteiger partial charge is 0.162 e. The quantitative estimate of drug-likeness (QED) is 0.505. The minimum Gasteiger partial charge on any atom is -0.493 e. The molecule has 0 amide bonds. The predicted molar refractivity (Wildman–Crippen MR) is 103 cm³/mol. The van der Waals surface area contributed by atoms with Crippen molar-refractivity contribution in [2.75, 3.05) is 28.4 Å². The van der Waals surface area contributed by atoms with E-state index in [1.165, 1.54) is 0 Å². The third-order valence-corrected chi connectivity index (χ3v) is 4.69. The molecule has 4 aromatic rings. The molecule has 0 atom stereocenters. The molecule has 0 radical (unpaired) electrons. The van der Waals surface area contributed by atoms with Crippen molar-refractivity contribution in [2.45, 2.75) is 0 Å². The van der Waals surface area contributed by atoms with Gasteiger partial charge < -0.3 is 18.9 Å². The number of pyridine rings is 1. The molecular weight excluding hydrogens is 330 g/mol. The molecule has 132 valence electrons. The average molecular weight is 349 g/mol. The van der Waals surface area contributed by atoms with Crippen LogP contribution in [0.2, 0.25) is 0 Å². The minimum absolute atomic E-state index is 0.666. The van der Waals surface area contributed by atoms with Crippen LogP contribution in [0.15, 0.2) is 42.6 Å². The van der Waals surface area contributed by atoms with Gasteiger partial charge in [0.2, 0.25) is 0 Å². The minimum atomic E-state index is 0.666. The fourth-order valence-electron chi connectivity index (χ4n) is 3.37. The number of nitrogens with zero attached hydrogens (tertiary/aromatic N) is 1. The molecule has 0 saturated heterocycles. The van der Waals surface area contributed by atoms with Crippen molar-refractivity contribution in [3.05, 3.63) is 42.6 Å². The zero-order valence-corrected chi connectivity index (χ0v) is 15.1. The first-order valence-electron chi connectivity index (χ1n) is 8.19. The van der Waals surface area contributed by atoms with Crippen LogP contribution in [0.1, 0.15) is 0 Å². The van der Waals surface area contributed by atoms with E-state index in [-0.39, 0.29) is 0 Å². The normalized spacial score (nSPS) is 11.1. The van der Waals surface area contributed by atoms with Crippen molar-refractivity contribution in [3.8, 4) is 23.0 Å². The van der Waals surface area contributed by atoms with Crippen LogP contribution in [0.25, 0.3) is 32.4 Å². The van der Waals surface area contributed by atoms with Crippen molar-refractivity contribution in [2.24, 2.45) is 0 Å². The molecule has 0 saturated carbocycles. The Morgan fingerprint density at radius 2 is 1.15 bits per heavy atom. The zero-order chi connectivity index (χ0) is 18.3. The number of hydrogen-bond donors (Lipinski definition) is 0. The summed E-state index contributed by atoms with van der Waals surface area (Å²) >= 11 is 0.